The summed E-state index contributed by atoms with van der Waals surface area (Å²) in [7, 11) is 1.89. The van der Waals surface area contributed by atoms with Crippen molar-refractivity contribution in [3.05, 3.63) is 41.7 Å². The number of aromatic nitrogens is 3. The maximum Gasteiger partial charge on any atom is 0.230 e. The molecular formula is C13H11ClN4O. The molecular weight excluding hydrogens is 264 g/mol. The lowest BCUT2D eigenvalue weighted by molar-refractivity contribution is 0.438. The Kier molecular flexibility index (Phi) is 2.76. The third-order valence-electron chi connectivity index (χ3n) is 2.88. The number of nitrogens with two attached hydrogens (primary N) is 1. The minimum absolute atomic E-state index is 0.264. The van der Waals surface area contributed by atoms with Crippen molar-refractivity contribution in [1.29, 1.82) is 0 Å². The monoisotopic (exact) mass is 274 g/mol. The fraction of sp³-hybridized carbons (Fsp3) is 0.0769. The van der Waals surface area contributed by atoms with Crippen molar-refractivity contribution in [3.63, 3.8) is 0 Å². The van der Waals surface area contributed by atoms with Crippen molar-refractivity contribution < 1.29 is 4.52 Å². The third-order valence-corrected chi connectivity index (χ3v) is 3.14. The lowest BCUT2D eigenvalue weighted by atomic mass is 10.1. The molecule has 96 valence electrons. The minimum atomic E-state index is 0.264. The molecule has 0 fully saturated rings. The van der Waals surface area contributed by atoms with Gasteiger partial charge in [-0.1, -0.05) is 28.9 Å². The molecule has 3 aromatic rings. The summed E-state index contributed by atoms with van der Waals surface area (Å²) in [6.45, 7) is 0. The van der Waals surface area contributed by atoms with Gasteiger partial charge in [0.05, 0.1) is 5.56 Å². The van der Waals surface area contributed by atoms with Crippen LogP contribution in [0.3, 0.4) is 0 Å². The van der Waals surface area contributed by atoms with Crippen LogP contribution in [0.4, 0.5) is 5.88 Å². The van der Waals surface area contributed by atoms with Gasteiger partial charge in [-0.05, 0) is 17.7 Å². The number of aryl methyl sites for hydroxylation is 1. The summed E-state index contributed by atoms with van der Waals surface area (Å²) >= 11 is 5.89. The van der Waals surface area contributed by atoms with Crippen molar-refractivity contribution in [1.82, 2.24) is 14.7 Å². The van der Waals surface area contributed by atoms with E-state index < -0.39 is 0 Å². The Bertz CT molecular complexity index is 715. The highest BCUT2D eigenvalue weighted by Crippen LogP contribution is 2.35. The molecule has 5 nitrogen and oxygen atoms in total. The summed E-state index contributed by atoms with van der Waals surface area (Å²) in [5.74, 6) is 0.964. The average molecular weight is 275 g/mol. The van der Waals surface area contributed by atoms with Gasteiger partial charge in [-0.15, -0.1) is 0 Å². The maximum absolute atomic E-state index is 5.89. The molecule has 3 rings (SSSR count). The summed E-state index contributed by atoms with van der Waals surface area (Å²) < 4.78 is 6.96. The number of nitrogens with zero attached hydrogens (tertiary/aromatic N) is 3. The quantitative estimate of drug-likeness (QED) is 0.780. The first-order valence-electron chi connectivity index (χ1n) is 5.65. The smallest absolute Gasteiger partial charge is 0.230 e. The highest BCUT2D eigenvalue weighted by Gasteiger charge is 2.20. The van der Waals surface area contributed by atoms with Crippen LogP contribution in [0.1, 0.15) is 0 Å². The van der Waals surface area contributed by atoms with Crippen molar-refractivity contribution in [3.8, 4) is 22.6 Å². The van der Waals surface area contributed by atoms with E-state index in [-0.39, 0.29) is 5.88 Å². The van der Waals surface area contributed by atoms with E-state index in [0.717, 1.165) is 11.1 Å². The highest BCUT2D eigenvalue weighted by molar-refractivity contribution is 6.30. The third kappa shape index (κ3) is 1.98. The number of benzene rings is 1. The van der Waals surface area contributed by atoms with E-state index in [0.29, 0.717) is 16.5 Å². The van der Waals surface area contributed by atoms with Gasteiger partial charge in [-0.25, -0.2) is 4.98 Å². The molecule has 19 heavy (non-hydrogen) atoms. The Balaban J connectivity index is 2.19. The molecule has 0 radical (unpaired) electrons. The zero-order valence-electron chi connectivity index (χ0n) is 10.2. The summed E-state index contributed by atoms with van der Waals surface area (Å²) in [4.78, 5) is 4.26. The van der Waals surface area contributed by atoms with Gasteiger partial charge in [-0.2, -0.15) is 0 Å². The first-order valence-corrected chi connectivity index (χ1v) is 6.03. The summed E-state index contributed by atoms with van der Waals surface area (Å²) in [5, 5.41) is 4.67. The molecule has 0 aliphatic heterocycles. The minimum Gasteiger partial charge on any atom is -0.367 e. The van der Waals surface area contributed by atoms with Crippen molar-refractivity contribution in [2.24, 2.45) is 7.05 Å². The topological polar surface area (TPSA) is 69.9 Å². The molecule has 2 heterocycles. The van der Waals surface area contributed by atoms with Crippen molar-refractivity contribution in [2.75, 3.05) is 5.73 Å². The normalized spacial score (nSPS) is 10.8. The fourth-order valence-corrected chi connectivity index (χ4v) is 2.07. The second kappa shape index (κ2) is 4.44. The molecule has 0 saturated carbocycles. The van der Waals surface area contributed by atoms with Gasteiger partial charge >= 0.3 is 0 Å². The molecule has 0 atom stereocenters. The van der Waals surface area contributed by atoms with E-state index in [1.165, 1.54) is 0 Å². The van der Waals surface area contributed by atoms with E-state index in [2.05, 4.69) is 10.1 Å². The standard InChI is InChI=1S/C13H11ClN4O/c1-18-7-6-16-13(18)11-10(12(15)19-17-11)8-2-4-9(14)5-3-8/h2-7H,15H2,1H3. The molecule has 0 spiro atoms. The number of anilines is 1. The molecule has 0 bridgehead atoms. The van der Waals surface area contributed by atoms with E-state index in [4.69, 9.17) is 21.9 Å². The molecule has 0 aliphatic rings. The predicted octanol–water partition coefficient (Wildman–Crippen LogP) is 2.98. The summed E-state index contributed by atoms with van der Waals surface area (Å²) in [5.41, 5.74) is 8.10. The molecule has 6 heteroatoms. The largest absolute Gasteiger partial charge is 0.367 e. The van der Waals surface area contributed by atoms with Crippen LogP contribution in [0.15, 0.2) is 41.2 Å². The van der Waals surface area contributed by atoms with Crippen LogP contribution >= 0.6 is 11.6 Å². The van der Waals surface area contributed by atoms with Crippen molar-refractivity contribution in [2.45, 2.75) is 0 Å². The molecule has 1 aromatic carbocycles. The maximum atomic E-state index is 5.89. The lowest BCUT2D eigenvalue weighted by Crippen LogP contribution is -1.94. The van der Waals surface area contributed by atoms with Gasteiger partial charge in [0.25, 0.3) is 0 Å². The van der Waals surface area contributed by atoms with Gasteiger partial charge in [-0.3, -0.25) is 0 Å². The number of halogens is 1. The van der Waals surface area contributed by atoms with Crippen LogP contribution in [-0.4, -0.2) is 14.7 Å². The number of hydrogen-bond acceptors (Lipinski definition) is 4. The van der Waals surface area contributed by atoms with Crippen molar-refractivity contribution >= 4 is 17.5 Å². The van der Waals surface area contributed by atoms with E-state index in [1.54, 1.807) is 18.3 Å². The number of rotatable bonds is 2. The van der Waals surface area contributed by atoms with Gasteiger partial charge < -0.3 is 14.8 Å². The Morgan fingerprint density at radius 3 is 2.63 bits per heavy atom. The number of nitrogen functional groups attached to an aromatic ring is 1. The van der Waals surface area contributed by atoms with Gasteiger partial charge in [0.2, 0.25) is 5.88 Å². The Hall–Kier alpha value is -2.27. The molecule has 2 aromatic heterocycles. The lowest BCUT2D eigenvalue weighted by Gasteiger charge is -2.03. The van der Waals surface area contributed by atoms with E-state index in [9.17, 15) is 0 Å². The molecule has 0 unspecified atom stereocenters. The predicted molar refractivity (Wildman–Crippen MR) is 73.6 cm³/mol. The molecule has 0 saturated heterocycles. The molecule has 0 aliphatic carbocycles. The zero-order valence-corrected chi connectivity index (χ0v) is 10.9. The van der Waals surface area contributed by atoms with Crippen LogP contribution in [0, 0.1) is 0 Å². The molecule has 2 N–H and O–H groups in total. The van der Waals surface area contributed by atoms with Gasteiger partial charge in [0.15, 0.2) is 11.5 Å². The van der Waals surface area contributed by atoms with Gasteiger partial charge in [0.1, 0.15) is 0 Å². The number of imidazole rings is 1. The second-order valence-corrected chi connectivity index (χ2v) is 4.58. The summed E-state index contributed by atoms with van der Waals surface area (Å²) in [6, 6.07) is 7.34. The van der Waals surface area contributed by atoms with Crippen LogP contribution in [0.5, 0.6) is 0 Å². The van der Waals surface area contributed by atoms with Crippen LogP contribution in [0.25, 0.3) is 22.6 Å². The van der Waals surface area contributed by atoms with Crippen LogP contribution in [0.2, 0.25) is 5.02 Å². The van der Waals surface area contributed by atoms with Crippen LogP contribution < -0.4 is 5.73 Å². The Morgan fingerprint density at radius 2 is 2.00 bits per heavy atom. The SMILES string of the molecule is Cn1ccnc1-c1noc(N)c1-c1ccc(Cl)cc1. The van der Waals surface area contributed by atoms with E-state index in [1.807, 2.05) is 29.9 Å². The second-order valence-electron chi connectivity index (χ2n) is 4.14. The first kappa shape index (κ1) is 11.8. The molecule has 0 amide bonds. The Labute approximate surface area is 114 Å². The highest BCUT2D eigenvalue weighted by atomic mass is 35.5. The zero-order chi connectivity index (χ0) is 13.4. The van der Waals surface area contributed by atoms with E-state index >= 15 is 0 Å². The Morgan fingerprint density at radius 1 is 1.26 bits per heavy atom. The first-order chi connectivity index (χ1) is 9.16. The average Bonchev–Trinajstić information content (AvgIpc) is 2.97. The number of hydrogen-bond donors (Lipinski definition) is 1. The van der Waals surface area contributed by atoms with Gasteiger partial charge in [0, 0.05) is 24.5 Å². The summed E-state index contributed by atoms with van der Waals surface area (Å²) in [6.07, 6.45) is 3.54. The van der Waals surface area contributed by atoms with Crippen LogP contribution in [-0.2, 0) is 7.05 Å². The fourth-order valence-electron chi connectivity index (χ4n) is 1.94.